The van der Waals surface area contributed by atoms with Crippen LogP contribution in [0.2, 0.25) is 0 Å². The van der Waals surface area contributed by atoms with Crippen LogP contribution >= 0.6 is 0 Å². The summed E-state index contributed by atoms with van der Waals surface area (Å²) in [6, 6.07) is 16.8. The number of hydrogen-bond donors (Lipinski definition) is 3. The molecule has 1 unspecified atom stereocenters. The van der Waals surface area contributed by atoms with Crippen molar-refractivity contribution < 1.29 is 9.84 Å². The van der Waals surface area contributed by atoms with Gasteiger partial charge in [-0.15, -0.1) is 0 Å². The van der Waals surface area contributed by atoms with Crippen molar-refractivity contribution in [2.45, 2.75) is 19.0 Å². The number of likely N-dealkylation sites (N-methyl/N-ethyl adjacent to an activating group) is 1. The van der Waals surface area contributed by atoms with E-state index in [0.717, 1.165) is 36.2 Å². The summed E-state index contributed by atoms with van der Waals surface area (Å²) >= 11 is 0. The highest BCUT2D eigenvalue weighted by Crippen LogP contribution is 2.27. The summed E-state index contributed by atoms with van der Waals surface area (Å²) in [5.41, 5.74) is 8.77. The summed E-state index contributed by atoms with van der Waals surface area (Å²) in [7, 11) is 2.01. The number of hydrogen-bond acceptors (Lipinski definition) is 6. The lowest BCUT2D eigenvalue weighted by Gasteiger charge is -2.15. The third-order valence-corrected chi connectivity index (χ3v) is 5.03. The van der Waals surface area contributed by atoms with E-state index in [-0.39, 0.29) is 6.61 Å². The van der Waals surface area contributed by atoms with Gasteiger partial charge in [0.25, 0.3) is 0 Å². The number of nitrogens with zero attached hydrogens (tertiary/aromatic N) is 2. The molecule has 1 atom stereocenters. The van der Waals surface area contributed by atoms with Crippen molar-refractivity contribution in [1.29, 1.82) is 0 Å². The lowest BCUT2D eigenvalue weighted by atomic mass is 10.1. The van der Waals surface area contributed by atoms with Crippen LogP contribution in [-0.4, -0.2) is 41.7 Å². The molecule has 6 heteroatoms. The second-order valence-corrected chi connectivity index (χ2v) is 7.25. The third-order valence-electron chi connectivity index (χ3n) is 5.03. The fraction of sp³-hybridized carbons (Fsp3) is 0.318. The first kappa shape index (κ1) is 18.8. The van der Waals surface area contributed by atoms with Gasteiger partial charge in [0.05, 0.1) is 6.61 Å². The van der Waals surface area contributed by atoms with Gasteiger partial charge >= 0.3 is 0 Å². The van der Waals surface area contributed by atoms with Gasteiger partial charge in [-0.2, -0.15) is 0 Å². The van der Waals surface area contributed by atoms with Crippen LogP contribution in [0.5, 0.6) is 11.6 Å². The standard InChI is InChI=1S/C22H26N4O2/c1-26(10-11-27)15-16-2-3-18-13-20(6-4-17(18)12-16)28-22-7-5-19(14-23-22)21-8-9-24-25-21/h2-7,12-14,21,24-25,27H,8-11,15H2,1H3. The Morgan fingerprint density at radius 1 is 1.14 bits per heavy atom. The molecular formula is C22H26N4O2. The summed E-state index contributed by atoms with van der Waals surface area (Å²) < 4.78 is 5.95. The van der Waals surface area contributed by atoms with Crippen molar-refractivity contribution in [3.63, 3.8) is 0 Å². The number of fused-ring (bicyclic) bond motifs is 1. The number of ether oxygens (including phenoxy) is 1. The van der Waals surface area contributed by atoms with Crippen molar-refractivity contribution >= 4 is 10.8 Å². The van der Waals surface area contributed by atoms with Crippen LogP contribution in [0.4, 0.5) is 0 Å². The molecule has 1 aliphatic rings. The average molecular weight is 378 g/mol. The van der Waals surface area contributed by atoms with Crippen molar-refractivity contribution in [2.24, 2.45) is 0 Å². The van der Waals surface area contributed by atoms with Gasteiger partial charge in [-0.25, -0.2) is 4.98 Å². The van der Waals surface area contributed by atoms with Crippen LogP contribution in [0.1, 0.15) is 23.6 Å². The lowest BCUT2D eigenvalue weighted by molar-refractivity contribution is 0.217. The molecule has 146 valence electrons. The number of nitrogens with one attached hydrogen (secondary N) is 2. The Hall–Kier alpha value is -2.51. The van der Waals surface area contributed by atoms with E-state index in [1.54, 1.807) is 0 Å². The van der Waals surface area contributed by atoms with E-state index in [1.807, 2.05) is 31.4 Å². The summed E-state index contributed by atoms with van der Waals surface area (Å²) in [6.45, 7) is 2.63. The molecule has 0 saturated carbocycles. The Morgan fingerprint density at radius 3 is 2.75 bits per heavy atom. The van der Waals surface area contributed by atoms with E-state index >= 15 is 0 Å². The minimum absolute atomic E-state index is 0.174. The minimum atomic E-state index is 0.174. The molecule has 0 aliphatic carbocycles. The van der Waals surface area contributed by atoms with Crippen molar-refractivity contribution in [1.82, 2.24) is 20.7 Å². The van der Waals surface area contributed by atoms with Crippen LogP contribution in [-0.2, 0) is 6.54 Å². The Bertz CT molecular complexity index is 923. The largest absolute Gasteiger partial charge is 0.439 e. The summed E-state index contributed by atoms with van der Waals surface area (Å²) in [4.78, 5) is 6.55. The highest BCUT2D eigenvalue weighted by molar-refractivity contribution is 5.84. The van der Waals surface area contributed by atoms with E-state index in [9.17, 15) is 0 Å². The number of hydrazine groups is 1. The maximum Gasteiger partial charge on any atom is 0.219 e. The van der Waals surface area contributed by atoms with E-state index in [1.165, 1.54) is 10.9 Å². The Labute approximate surface area is 165 Å². The highest BCUT2D eigenvalue weighted by Gasteiger charge is 2.16. The second-order valence-electron chi connectivity index (χ2n) is 7.25. The van der Waals surface area contributed by atoms with Gasteiger partial charge in [-0.1, -0.05) is 24.3 Å². The molecule has 1 fully saturated rings. The van der Waals surface area contributed by atoms with E-state index in [0.29, 0.717) is 18.5 Å². The van der Waals surface area contributed by atoms with Gasteiger partial charge in [0.15, 0.2) is 0 Å². The predicted octanol–water partition coefficient (Wildman–Crippen LogP) is 2.99. The molecule has 3 aromatic rings. The fourth-order valence-corrected chi connectivity index (χ4v) is 3.51. The summed E-state index contributed by atoms with van der Waals surface area (Å²) in [5, 5.41) is 11.3. The monoisotopic (exact) mass is 378 g/mol. The predicted molar refractivity (Wildman–Crippen MR) is 110 cm³/mol. The van der Waals surface area contributed by atoms with Crippen LogP contribution in [0, 0.1) is 0 Å². The molecular weight excluding hydrogens is 352 g/mol. The summed E-state index contributed by atoms with van der Waals surface area (Å²) in [5.74, 6) is 1.37. The zero-order valence-corrected chi connectivity index (χ0v) is 16.1. The van der Waals surface area contributed by atoms with Gasteiger partial charge in [0.2, 0.25) is 5.88 Å². The van der Waals surface area contributed by atoms with Crippen molar-refractivity contribution in [2.75, 3.05) is 26.7 Å². The number of aromatic nitrogens is 1. The molecule has 28 heavy (non-hydrogen) atoms. The fourth-order valence-electron chi connectivity index (χ4n) is 3.51. The SMILES string of the molecule is CN(CCO)Cc1ccc2cc(Oc3ccc(C4CCNN4)cn3)ccc2c1. The Morgan fingerprint density at radius 2 is 2.00 bits per heavy atom. The maximum atomic E-state index is 9.04. The van der Waals surface area contributed by atoms with Crippen molar-refractivity contribution in [3.05, 3.63) is 65.9 Å². The molecule has 0 radical (unpaired) electrons. The zero-order chi connectivity index (χ0) is 19.3. The smallest absolute Gasteiger partial charge is 0.219 e. The molecule has 0 amide bonds. The molecule has 4 rings (SSSR count). The van der Waals surface area contributed by atoms with E-state index < -0.39 is 0 Å². The maximum absolute atomic E-state index is 9.04. The van der Waals surface area contributed by atoms with Crippen LogP contribution in [0.25, 0.3) is 10.8 Å². The molecule has 0 spiro atoms. The molecule has 6 nitrogen and oxygen atoms in total. The minimum Gasteiger partial charge on any atom is -0.439 e. The zero-order valence-electron chi connectivity index (χ0n) is 16.1. The number of pyridine rings is 1. The van der Waals surface area contributed by atoms with Crippen LogP contribution in [0.3, 0.4) is 0 Å². The van der Waals surface area contributed by atoms with Gasteiger partial charge < -0.3 is 9.84 Å². The molecule has 1 aromatic heterocycles. The van der Waals surface area contributed by atoms with Crippen LogP contribution < -0.4 is 15.6 Å². The quantitative estimate of drug-likeness (QED) is 0.587. The number of aliphatic hydroxyl groups excluding tert-OH is 1. The van der Waals surface area contributed by atoms with Gasteiger partial charge in [-0.05, 0) is 53.6 Å². The molecule has 1 aliphatic heterocycles. The third kappa shape index (κ3) is 4.48. The number of benzene rings is 2. The first-order valence-electron chi connectivity index (χ1n) is 9.65. The van der Waals surface area contributed by atoms with Crippen molar-refractivity contribution in [3.8, 4) is 11.6 Å². The first-order valence-corrected chi connectivity index (χ1v) is 9.65. The molecule has 2 aromatic carbocycles. The molecule has 2 heterocycles. The normalized spacial score (nSPS) is 16.8. The summed E-state index contributed by atoms with van der Waals surface area (Å²) in [6.07, 6.45) is 2.93. The average Bonchev–Trinajstić information content (AvgIpc) is 3.24. The topological polar surface area (TPSA) is 69.7 Å². The number of aliphatic hydroxyl groups is 1. The van der Waals surface area contributed by atoms with Gasteiger partial charge in [0, 0.05) is 37.9 Å². The van der Waals surface area contributed by atoms with Gasteiger partial charge in [-0.3, -0.25) is 15.8 Å². The molecule has 3 N–H and O–H groups in total. The van der Waals surface area contributed by atoms with Crippen LogP contribution in [0.15, 0.2) is 54.7 Å². The Balaban J connectivity index is 1.45. The lowest BCUT2D eigenvalue weighted by Crippen LogP contribution is -2.24. The first-order chi connectivity index (χ1) is 13.7. The molecule has 0 bridgehead atoms. The highest BCUT2D eigenvalue weighted by atomic mass is 16.5. The second kappa shape index (κ2) is 8.67. The van der Waals surface area contributed by atoms with Gasteiger partial charge in [0.1, 0.15) is 5.75 Å². The number of rotatable bonds is 7. The molecule has 1 saturated heterocycles. The van der Waals surface area contributed by atoms with E-state index in [4.69, 9.17) is 9.84 Å². The van der Waals surface area contributed by atoms with E-state index in [2.05, 4.69) is 51.1 Å². The Kier molecular flexibility index (Phi) is 5.83.